The predicted octanol–water partition coefficient (Wildman–Crippen LogP) is 1.44. The first-order chi connectivity index (χ1) is 8.23. The number of rotatable bonds is 4. The molecule has 0 saturated carbocycles. The largest absolute Gasteiger partial charge is 0.395 e. The molecule has 0 heterocycles. The standard InChI is InChI=1S/C9H11BrClFN2O3S/c1-14(2-3-15)18(16,17)6-4-5(11)7(10)9(13)8(6)12/h4,15H,2-3,13H2,1H3. The number of likely N-dealkylation sites (N-methyl/N-ethyl adjacent to an activating group) is 1. The van der Waals surface area contributed by atoms with Gasteiger partial charge in [0.25, 0.3) is 0 Å². The number of hydrogen-bond acceptors (Lipinski definition) is 4. The monoisotopic (exact) mass is 360 g/mol. The SMILES string of the molecule is CN(CCO)S(=O)(=O)c1cc(Cl)c(Br)c(N)c1F. The van der Waals surface area contributed by atoms with Crippen molar-refractivity contribution in [1.29, 1.82) is 0 Å². The first kappa shape index (κ1) is 15.6. The lowest BCUT2D eigenvalue weighted by molar-refractivity contribution is 0.266. The maximum absolute atomic E-state index is 13.9. The van der Waals surface area contributed by atoms with Crippen molar-refractivity contribution in [2.24, 2.45) is 0 Å². The van der Waals surface area contributed by atoms with E-state index < -0.39 is 20.7 Å². The van der Waals surface area contributed by atoms with Crippen LogP contribution in [-0.2, 0) is 10.0 Å². The fraction of sp³-hybridized carbons (Fsp3) is 0.333. The van der Waals surface area contributed by atoms with Gasteiger partial charge in [-0.2, -0.15) is 4.31 Å². The van der Waals surface area contributed by atoms with Crippen molar-refractivity contribution >= 4 is 43.2 Å². The van der Waals surface area contributed by atoms with Crippen LogP contribution in [0.4, 0.5) is 10.1 Å². The first-order valence-electron chi connectivity index (χ1n) is 4.73. The summed E-state index contributed by atoms with van der Waals surface area (Å²) in [7, 11) is -2.86. The van der Waals surface area contributed by atoms with E-state index in [1.54, 1.807) is 0 Å². The van der Waals surface area contributed by atoms with E-state index in [1.165, 1.54) is 7.05 Å². The van der Waals surface area contributed by atoms with Crippen molar-refractivity contribution in [3.8, 4) is 0 Å². The molecule has 0 aliphatic rings. The summed E-state index contributed by atoms with van der Waals surface area (Å²) in [5, 5.41) is 8.70. The van der Waals surface area contributed by atoms with Crippen molar-refractivity contribution < 1.29 is 17.9 Å². The van der Waals surface area contributed by atoms with Gasteiger partial charge in [0.05, 0.1) is 21.8 Å². The average Bonchev–Trinajstić information content (AvgIpc) is 2.31. The molecule has 0 fully saturated rings. The smallest absolute Gasteiger partial charge is 0.245 e. The minimum absolute atomic E-state index is 0.00938. The Morgan fingerprint density at radius 3 is 2.67 bits per heavy atom. The Morgan fingerprint density at radius 2 is 2.17 bits per heavy atom. The number of hydrogen-bond donors (Lipinski definition) is 2. The summed E-state index contributed by atoms with van der Waals surface area (Å²) >= 11 is 8.71. The van der Waals surface area contributed by atoms with Gasteiger partial charge in [-0.05, 0) is 22.0 Å². The molecule has 0 saturated heterocycles. The van der Waals surface area contributed by atoms with Crippen LogP contribution in [0, 0.1) is 5.82 Å². The molecule has 5 nitrogen and oxygen atoms in total. The predicted molar refractivity (Wildman–Crippen MR) is 70.4 cm³/mol. The van der Waals surface area contributed by atoms with Crippen molar-refractivity contribution in [3.05, 3.63) is 21.4 Å². The molecular weight excluding hydrogens is 351 g/mol. The first-order valence-corrected chi connectivity index (χ1v) is 7.34. The van der Waals surface area contributed by atoms with Crippen LogP contribution in [0.2, 0.25) is 5.02 Å². The minimum atomic E-state index is -4.08. The molecule has 0 amide bonds. The molecule has 102 valence electrons. The second-order valence-corrected chi connectivity index (χ2v) is 6.66. The highest BCUT2D eigenvalue weighted by atomic mass is 79.9. The molecule has 0 spiro atoms. The van der Waals surface area contributed by atoms with Gasteiger partial charge < -0.3 is 10.8 Å². The molecule has 0 aliphatic carbocycles. The van der Waals surface area contributed by atoms with Gasteiger partial charge in [-0.1, -0.05) is 11.6 Å². The van der Waals surface area contributed by atoms with Gasteiger partial charge in [0, 0.05) is 13.6 Å². The Bertz CT molecular complexity index is 567. The molecule has 3 N–H and O–H groups in total. The molecule has 0 radical (unpaired) electrons. The van der Waals surface area contributed by atoms with Crippen molar-refractivity contribution in [3.63, 3.8) is 0 Å². The fourth-order valence-electron chi connectivity index (χ4n) is 1.22. The zero-order valence-corrected chi connectivity index (χ0v) is 12.5. The third-order valence-electron chi connectivity index (χ3n) is 2.26. The topological polar surface area (TPSA) is 83.6 Å². The number of aliphatic hydroxyl groups excluding tert-OH is 1. The van der Waals surface area contributed by atoms with Crippen LogP contribution in [0.15, 0.2) is 15.4 Å². The summed E-state index contributed by atoms with van der Waals surface area (Å²) in [6.07, 6.45) is 0. The Kier molecular flexibility index (Phi) is 4.96. The molecule has 0 aliphatic heterocycles. The number of aliphatic hydroxyl groups is 1. The second kappa shape index (κ2) is 5.70. The van der Waals surface area contributed by atoms with Crippen molar-refractivity contribution in [2.75, 3.05) is 25.9 Å². The number of anilines is 1. The van der Waals surface area contributed by atoms with Crippen LogP contribution < -0.4 is 5.73 Å². The lowest BCUT2D eigenvalue weighted by atomic mass is 10.3. The van der Waals surface area contributed by atoms with E-state index in [9.17, 15) is 12.8 Å². The summed E-state index contributed by atoms with van der Waals surface area (Å²) < 4.78 is 38.8. The van der Waals surface area contributed by atoms with E-state index in [1.807, 2.05) is 0 Å². The van der Waals surface area contributed by atoms with E-state index in [0.717, 1.165) is 10.4 Å². The zero-order valence-electron chi connectivity index (χ0n) is 9.32. The van der Waals surface area contributed by atoms with Crippen LogP contribution in [-0.4, -0.2) is 38.0 Å². The number of halogens is 3. The fourth-order valence-corrected chi connectivity index (χ4v) is 3.04. The summed E-state index contributed by atoms with van der Waals surface area (Å²) in [6.45, 7) is -0.535. The van der Waals surface area contributed by atoms with Gasteiger partial charge in [-0.25, -0.2) is 12.8 Å². The molecule has 1 rings (SSSR count). The quantitative estimate of drug-likeness (QED) is 0.628. The molecule has 0 atom stereocenters. The van der Waals surface area contributed by atoms with E-state index in [-0.39, 0.29) is 28.3 Å². The number of sulfonamides is 1. The van der Waals surface area contributed by atoms with Crippen LogP contribution in [0.1, 0.15) is 0 Å². The van der Waals surface area contributed by atoms with Crippen LogP contribution in [0.5, 0.6) is 0 Å². The van der Waals surface area contributed by atoms with Crippen molar-refractivity contribution in [1.82, 2.24) is 4.31 Å². The number of benzene rings is 1. The average molecular weight is 362 g/mol. The Labute approximate surface area is 118 Å². The van der Waals surface area contributed by atoms with Crippen molar-refractivity contribution in [2.45, 2.75) is 4.90 Å². The lowest BCUT2D eigenvalue weighted by Crippen LogP contribution is -2.30. The summed E-state index contributed by atoms with van der Waals surface area (Å²) in [5.41, 5.74) is 5.04. The zero-order chi connectivity index (χ0) is 14.1. The Morgan fingerprint density at radius 1 is 1.61 bits per heavy atom. The van der Waals surface area contributed by atoms with Crippen LogP contribution >= 0.6 is 27.5 Å². The molecular formula is C9H11BrClFN2O3S. The molecule has 1 aromatic rings. The van der Waals surface area contributed by atoms with Crippen LogP contribution in [0.3, 0.4) is 0 Å². The highest BCUT2D eigenvalue weighted by molar-refractivity contribution is 9.10. The lowest BCUT2D eigenvalue weighted by Gasteiger charge is -2.17. The van der Waals surface area contributed by atoms with Gasteiger partial charge >= 0.3 is 0 Å². The van der Waals surface area contributed by atoms with E-state index in [0.29, 0.717) is 0 Å². The summed E-state index contributed by atoms with van der Waals surface area (Å²) in [6, 6.07) is 0.973. The molecule has 0 bridgehead atoms. The number of nitrogens with two attached hydrogens (primary N) is 1. The normalized spacial score (nSPS) is 12.1. The molecule has 18 heavy (non-hydrogen) atoms. The van der Waals surface area contributed by atoms with Gasteiger partial charge in [0.2, 0.25) is 10.0 Å². The maximum Gasteiger partial charge on any atom is 0.245 e. The molecule has 1 aromatic carbocycles. The molecule has 0 aromatic heterocycles. The van der Waals surface area contributed by atoms with E-state index in [4.69, 9.17) is 22.4 Å². The van der Waals surface area contributed by atoms with Gasteiger partial charge in [-0.3, -0.25) is 0 Å². The van der Waals surface area contributed by atoms with E-state index in [2.05, 4.69) is 15.9 Å². The van der Waals surface area contributed by atoms with Gasteiger partial charge in [0.15, 0.2) is 5.82 Å². The summed E-state index contributed by atoms with van der Waals surface area (Å²) in [4.78, 5) is -0.621. The highest BCUT2D eigenvalue weighted by Gasteiger charge is 2.27. The summed E-state index contributed by atoms with van der Waals surface area (Å²) in [5.74, 6) is -1.07. The van der Waals surface area contributed by atoms with Gasteiger partial charge in [-0.15, -0.1) is 0 Å². The van der Waals surface area contributed by atoms with Gasteiger partial charge in [0.1, 0.15) is 4.90 Å². The van der Waals surface area contributed by atoms with E-state index >= 15 is 0 Å². The second-order valence-electron chi connectivity index (χ2n) is 3.45. The Hall–Kier alpha value is -0.410. The van der Waals surface area contributed by atoms with Crippen LogP contribution in [0.25, 0.3) is 0 Å². The molecule has 9 heteroatoms. The number of nitrogens with zero attached hydrogens (tertiary/aromatic N) is 1. The maximum atomic E-state index is 13.9. The molecule has 0 unspecified atom stereocenters. The number of nitrogen functional groups attached to an aromatic ring is 1. The third kappa shape index (κ3) is 2.77. The highest BCUT2D eigenvalue weighted by Crippen LogP contribution is 2.35. The minimum Gasteiger partial charge on any atom is -0.395 e. The third-order valence-corrected chi connectivity index (χ3v) is 5.50. The Balaban J connectivity index is 3.43.